The molecule has 0 fully saturated rings. The van der Waals surface area contributed by atoms with Crippen molar-refractivity contribution in [1.29, 1.82) is 0 Å². The quantitative estimate of drug-likeness (QED) is 0.410. The normalized spacial score (nSPS) is 10.7. The molecule has 1 aromatic heterocycles. The van der Waals surface area contributed by atoms with E-state index in [1.165, 1.54) is 0 Å². The van der Waals surface area contributed by atoms with Gasteiger partial charge in [0.2, 0.25) is 0 Å². The Hall–Kier alpha value is -2.74. The summed E-state index contributed by atoms with van der Waals surface area (Å²) in [5, 5.41) is 18.9. The fourth-order valence-electron chi connectivity index (χ4n) is 2.62. The SMILES string of the molecule is CCCCCSc1cccc(-c2c(C(=O)O)c(N)[nH]c(=O)c2C(=O)O)c1. The molecule has 2 aromatic rings. The third-order valence-electron chi connectivity index (χ3n) is 3.81. The van der Waals surface area contributed by atoms with Gasteiger partial charge in [-0.2, -0.15) is 0 Å². The predicted octanol–water partition coefficient (Wildman–Crippen LogP) is 3.30. The first-order valence-electron chi connectivity index (χ1n) is 8.12. The zero-order valence-corrected chi connectivity index (χ0v) is 15.1. The highest BCUT2D eigenvalue weighted by Gasteiger charge is 2.26. The molecule has 2 rings (SSSR count). The number of benzene rings is 1. The first kappa shape index (κ1) is 19.6. The van der Waals surface area contributed by atoms with Crippen molar-refractivity contribution in [1.82, 2.24) is 4.98 Å². The third kappa shape index (κ3) is 4.26. The van der Waals surface area contributed by atoms with E-state index in [2.05, 4.69) is 11.9 Å². The minimum Gasteiger partial charge on any atom is -0.478 e. The van der Waals surface area contributed by atoms with Crippen molar-refractivity contribution < 1.29 is 19.8 Å². The van der Waals surface area contributed by atoms with E-state index in [0.29, 0.717) is 5.56 Å². The maximum absolute atomic E-state index is 12.1. The van der Waals surface area contributed by atoms with Gasteiger partial charge in [-0.15, -0.1) is 11.8 Å². The molecule has 1 aromatic carbocycles. The standard InChI is InChI=1S/C18H20N2O5S/c1-2-3-4-8-26-11-7-5-6-10(9-11)12-13(17(22)23)15(19)20-16(21)14(12)18(24)25/h5-7,9H,2-4,8H2,1H3,(H,22,23)(H,24,25)(H3,19,20,21). The van der Waals surface area contributed by atoms with E-state index in [9.17, 15) is 24.6 Å². The van der Waals surface area contributed by atoms with E-state index in [4.69, 9.17) is 5.73 Å². The van der Waals surface area contributed by atoms with Crippen molar-refractivity contribution in [2.24, 2.45) is 0 Å². The molecule has 0 amide bonds. The number of anilines is 1. The Labute approximate surface area is 154 Å². The largest absolute Gasteiger partial charge is 0.478 e. The van der Waals surface area contributed by atoms with Crippen LogP contribution in [0.15, 0.2) is 34.0 Å². The molecule has 26 heavy (non-hydrogen) atoms. The number of carboxylic acid groups (broad SMARTS) is 2. The molecular formula is C18H20N2O5S. The van der Waals surface area contributed by atoms with Gasteiger partial charge in [-0.25, -0.2) is 9.59 Å². The summed E-state index contributed by atoms with van der Waals surface area (Å²) < 4.78 is 0. The molecule has 1 heterocycles. The summed E-state index contributed by atoms with van der Waals surface area (Å²) in [5.74, 6) is -2.39. The zero-order chi connectivity index (χ0) is 19.3. The van der Waals surface area contributed by atoms with Crippen LogP contribution in [-0.2, 0) is 0 Å². The maximum atomic E-state index is 12.1. The van der Waals surface area contributed by atoms with E-state index >= 15 is 0 Å². The Bertz CT molecular complexity index is 892. The second-order valence-corrected chi connectivity index (χ2v) is 6.85. The average Bonchev–Trinajstić information content (AvgIpc) is 2.57. The van der Waals surface area contributed by atoms with Gasteiger partial charge in [-0.1, -0.05) is 31.9 Å². The first-order valence-corrected chi connectivity index (χ1v) is 9.11. The van der Waals surface area contributed by atoms with Gasteiger partial charge in [0.15, 0.2) is 0 Å². The van der Waals surface area contributed by atoms with E-state index in [1.807, 2.05) is 6.07 Å². The molecule has 0 spiro atoms. The molecule has 0 aliphatic rings. The van der Waals surface area contributed by atoms with Gasteiger partial charge in [-0.3, -0.25) is 4.79 Å². The summed E-state index contributed by atoms with van der Waals surface area (Å²) in [6.07, 6.45) is 3.27. The number of pyridine rings is 1. The van der Waals surface area contributed by atoms with Crippen LogP contribution in [0.25, 0.3) is 11.1 Å². The molecule has 0 aliphatic heterocycles. The van der Waals surface area contributed by atoms with Gasteiger partial charge in [-0.05, 0) is 29.9 Å². The Balaban J connectivity index is 2.58. The van der Waals surface area contributed by atoms with E-state index < -0.39 is 28.6 Å². The van der Waals surface area contributed by atoms with E-state index in [0.717, 1.165) is 29.9 Å². The molecule has 0 saturated carbocycles. The second-order valence-electron chi connectivity index (χ2n) is 5.69. The summed E-state index contributed by atoms with van der Waals surface area (Å²) in [6, 6.07) is 6.82. The number of nitrogens with two attached hydrogens (primary N) is 1. The number of nitrogens with one attached hydrogen (secondary N) is 1. The predicted molar refractivity (Wildman–Crippen MR) is 101 cm³/mol. The monoisotopic (exact) mass is 376 g/mol. The van der Waals surface area contributed by atoms with Crippen LogP contribution in [0.5, 0.6) is 0 Å². The molecular weight excluding hydrogens is 356 g/mol. The van der Waals surface area contributed by atoms with Crippen LogP contribution in [0.2, 0.25) is 0 Å². The van der Waals surface area contributed by atoms with Gasteiger partial charge in [0.1, 0.15) is 16.9 Å². The van der Waals surface area contributed by atoms with Crippen molar-refractivity contribution in [3.05, 3.63) is 45.7 Å². The lowest BCUT2D eigenvalue weighted by Gasteiger charge is -2.13. The highest BCUT2D eigenvalue weighted by molar-refractivity contribution is 7.99. The van der Waals surface area contributed by atoms with Crippen molar-refractivity contribution in [3.63, 3.8) is 0 Å². The number of hydrogen-bond acceptors (Lipinski definition) is 5. The van der Waals surface area contributed by atoms with Crippen LogP contribution in [0.3, 0.4) is 0 Å². The smallest absolute Gasteiger partial charge is 0.342 e. The molecule has 7 nitrogen and oxygen atoms in total. The highest BCUT2D eigenvalue weighted by Crippen LogP contribution is 2.32. The van der Waals surface area contributed by atoms with Crippen molar-refractivity contribution in [2.45, 2.75) is 31.1 Å². The summed E-state index contributed by atoms with van der Waals surface area (Å²) in [5.41, 5.74) is 3.81. The Kier molecular flexibility index (Phi) is 6.46. The average molecular weight is 376 g/mol. The summed E-state index contributed by atoms with van der Waals surface area (Å²) in [4.78, 5) is 38.2. The number of aromatic carboxylic acids is 2. The van der Waals surface area contributed by atoms with Crippen LogP contribution in [-0.4, -0.2) is 32.9 Å². The zero-order valence-electron chi connectivity index (χ0n) is 14.2. The Morgan fingerprint density at radius 1 is 1.15 bits per heavy atom. The molecule has 138 valence electrons. The molecule has 0 aliphatic carbocycles. The number of rotatable bonds is 8. The lowest BCUT2D eigenvalue weighted by Crippen LogP contribution is -2.24. The number of unbranched alkanes of at least 4 members (excludes halogenated alkanes) is 2. The van der Waals surface area contributed by atoms with Crippen LogP contribution in [0, 0.1) is 0 Å². The van der Waals surface area contributed by atoms with Crippen LogP contribution in [0.4, 0.5) is 5.82 Å². The molecule has 0 radical (unpaired) electrons. The number of aromatic amines is 1. The van der Waals surface area contributed by atoms with Gasteiger partial charge < -0.3 is 20.9 Å². The van der Waals surface area contributed by atoms with Crippen molar-refractivity contribution in [3.8, 4) is 11.1 Å². The van der Waals surface area contributed by atoms with Gasteiger partial charge >= 0.3 is 11.9 Å². The summed E-state index contributed by atoms with van der Waals surface area (Å²) in [6.45, 7) is 2.11. The number of carboxylic acids is 2. The van der Waals surface area contributed by atoms with E-state index in [-0.39, 0.29) is 11.4 Å². The number of carbonyl (C=O) groups is 2. The first-order chi connectivity index (χ1) is 12.4. The molecule has 8 heteroatoms. The Morgan fingerprint density at radius 3 is 2.46 bits per heavy atom. The lowest BCUT2D eigenvalue weighted by molar-refractivity contribution is 0.0695. The summed E-state index contributed by atoms with van der Waals surface area (Å²) >= 11 is 1.59. The Morgan fingerprint density at radius 2 is 1.85 bits per heavy atom. The number of thioether (sulfide) groups is 1. The topological polar surface area (TPSA) is 133 Å². The molecule has 0 bridgehead atoms. The van der Waals surface area contributed by atoms with Crippen LogP contribution < -0.4 is 11.3 Å². The fraction of sp³-hybridized carbons (Fsp3) is 0.278. The number of aromatic nitrogens is 1. The number of hydrogen-bond donors (Lipinski definition) is 4. The third-order valence-corrected chi connectivity index (χ3v) is 4.89. The highest BCUT2D eigenvalue weighted by atomic mass is 32.2. The number of H-pyrrole nitrogens is 1. The van der Waals surface area contributed by atoms with Crippen molar-refractivity contribution in [2.75, 3.05) is 11.5 Å². The van der Waals surface area contributed by atoms with Gasteiger partial charge in [0, 0.05) is 10.5 Å². The lowest BCUT2D eigenvalue weighted by atomic mass is 9.95. The number of nitrogen functional groups attached to an aromatic ring is 1. The maximum Gasteiger partial charge on any atom is 0.342 e. The van der Waals surface area contributed by atoms with Crippen LogP contribution >= 0.6 is 11.8 Å². The van der Waals surface area contributed by atoms with E-state index in [1.54, 1.807) is 30.0 Å². The molecule has 0 unspecified atom stereocenters. The van der Waals surface area contributed by atoms with Gasteiger partial charge in [0.25, 0.3) is 5.56 Å². The van der Waals surface area contributed by atoms with Gasteiger partial charge in [0.05, 0.1) is 0 Å². The second kappa shape index (κ2) is 8.57. The minimum absolute atomic E-state index is 0.178. The van der Waals surface area contributed by atoms with Crippen molar-refractivity contribution >= 4 is 29.5 Å². The summed E-state index contributed by atoms with van der Waals surface area (Å²) in [7, 11) is 0. The fourth-order valence-corrected chi connectivity index (χ4v) is 3.59. The molecule has 5 N–H and O–H groups in total. The van der Waals surface area contributed by atoms with Crippen LogP contribution in [0.1, 0.15) is 46.9 Å². The molecule has 0 atom stereocenters. The minimum atomic E-state index is -1.51. The molecule has 0 saturated heterocycles.